The molecule has 2 heterocycles. The smallest absolute Gasteiger partial charge is 0.227 e. The van der Waals surface area contributed by atoms with E-state index < -0.39 is 0 Å². The van der Waals surface area contributed by atoms with Gasteiger partial charge < -0.3 is 5.32 Å². The zero-order valence-electron chi connectivity index (χ0n) is 14.0. The lowest BCUT2D eigenvalue weighted by Crippen LogP contribution is -2.42. The molecule has 1 aromatic carbocycles. The van der Waals surface area contributed by atoms with E-state index in [4.69, 9.17) is 0 Å². The van der Waals surface area contributed by atoms with Crippen molar-refractivity contribution in [3.05, 3.63) is 47.7 Å². The highest BCUT2D eigenvalue weighted by molar-refractivity contribution is 7.98. The molecule has 1 aliphatic heterocycles. The molecule has 6 heteroatoms. The number of carbonyl (C=O) groups excluding carboxylic acids is 1. The number of anilines is 1. The third-order valence-corrected chi connectivity index (χ3v) is 5.17. The van der Waals surface area contributed by atoms with Gasteiger partial charge in [0.05, 0.1) is 12.0 Å². The maximum atomic E-state index is 13.0. The summed E-state index contributed by atoms with van der Waals surface area (Å²) >= 11 is 1.51. The van der Waals surface area contributed by atoms with Gasteiger partial charge in [-0.1, -0.05) is 62.0 Å². The molecule has 24 heavy (non-hydrogen) atoms. The van der Waals surface area contributed by atoms with Crippen LogP contribution in [0, 0.1) is 11.3 Å². The fraction of sp³-hybridized carbons (Fsp3) is 0.389. The van der Waals surface area contributed by atoms with E-state index in [0.717, 1.165) is 11.3 Å². The fourth-order valence-electron chi connectivity index (χ4n) is 3.68. The second-order valence-electron chi connectivity index (χ2n) is 7.06. The summed E-state index contributed by atoms with van der Waals surface area (Å²) in [6.07, 6.45) is 4.69. The number of hydrogen-bond acceptors (Lipinski definition) is 5. The van der Waals surface area contributed by atoms with Crippen molar-refractivity contribution in [3.8, 4) is 0 Å². The molecule has 1 aliphatic carbocycles. The summed E-state index contributed by atoms with van der Waals surface area (Å²) in [6.45, 7) is 4.19. The number of benzene rings is 1. The van der Waals surface area contributed by atoms with Crippen LogP contribution < -0.4 is 5.32 Å². The zero-order chi connectivity index (χ0) is 16.9. The van der Waals surface area contributed by atoms with Crippen molar-refractivity contribution in [2.45, 2.75) is 31.5 Å². The SMILES string of the molecule is CSc1nc2n(n1)[C@H](c1ccccc1)[C@H]1C(=O)CC(C)(C)C=C1N2. The molecule has 0 unspecified atom stereocenters. The van der Waals surface area contributed by atoms with Crippen molar-refractivity contribution in [2.24, 2.45) is 11.3 Å². The molecule has 1 N–H and O–H groups in total. The van der Waals surface area contributed by atoms with Crippen molar-refractivity contribution < 1.29 is 4.79 Å². The number of nitrogens with zero attached hydrogens (tertiary/aromatic N) is 3. The van der Waals surface area contributed by atoms with Crippen LogP contribution in [0.1, 0.15) is 31.9 Å². The summed E-state index contributed by atoms with van der Waals surface area (Å²) in [5.74, 6) is 0.733. The molecule has 0 amide bonds. The van der Waals surface area contributed by atoms with Gasteiger partial charge in [0, 0.05) is 12.1 Å². The van der Waals surface area contributed by atoms with E-state index in [1.807, 2.05) is 29.1 Å². The number of carbonyl (C=O) groups is 1. The minimum Gasteiger partial charge on any atom is -0.328 e. The molecular weight excluding hydrogens is 320 g/mol. The lowest BCUT2D eigenvalue weighted by atomic mass is 9.72. The van der Waals surface area contributed by atoms with Gasteiger partial charge in [0.15, 0.2) is 0 Å². The van der Waals surface area contributed by atoms with E-state index >= 15 is 0 Å². The first-order chi connectivity index (χ1) is 11.5. The average Bonchev–Trinajstić information content (AvgIpc) is 2.95. The first-order valence-electron chi connectivity index (χ1n) is 8.06. The first kappa shape index (κ1) is 15.4. The number of Topliss-reactive ketones (excluding diaryl/α,β-unsaturated/α-hetero) is 1. The van der Waals surface area contributed by atoms with E-state index in [2.05, 4.69) is 47.5 Å². The van der Waals surface area contributed by atoms with E-state index in [1.165, 1.54) is 11.8 Å². The minimum absolute atomic E-state index is 0.137. The Bertz CT molecular complexity index is 825. The summed E-state index contributed by atoms with van der Waals surface area (Å²) in [4.78, 5) is 17.5. The number of hydrogen-bond donors (Lipinski definition) is 1. The van der Waals surface area contributed by atoms with Gasteiger partial charge in [0.2, 0.25) is 11.1 Å². The highest BCUT2D eigenvalue weighted by atomic mass is 32.2. The van der Waals surface area contributed by atoms with Crippen LogP contribution in [0.2, 0.25) is 0 Å². The Morgan fingerprint density at radius 1 is 1.29 bits per heavy atom. The van der Waals surface area contributed by atoms with E-state index in [-0.39, 0.29) is 23.2 Å². The third-order valence-electron chi connectivity index (χ3n) is 4.63. The van der Waals surface area contributed by atoms with Gasteiger partial charge in [-0.2, -0.15) is 4.98 Å². The van der Waals surface area contributed by atoms with Crippen molar-refractivity contribution in [3.63, 3.8) is 0 Å². The standard InChI is InChI=1S/C18H20N4OS/c1-18(2)9-12-14(13(23)10-18)15(11-7-5-4-6-8-11)22-16(19-12)20-17(21-22)24-3/h4-9,14-15H,10H2,1-3H3,(H,19,20,21)/t14-,15-/m1/s1. The molecule has 0 bridgehead atoms. The van der Waals surface area contributed by atoms with E-state index in [1.54, 1.807) is 0 Å². The first-order valence-corrected chi connectivity index (χ1v) is 9.29. The van der Waals surface area contributed by atoms with Gasteiger partial charge in [-0.05, 0) is 17.2 Å². The van der Waals surface area contributed by atoms with Crippen molar-refractivity contribution in [2.75, 3.05) is 11.6 Å². The van der Waals surface area contributed by atoms with Gasteiger partial charge >= 0.3 is 0 Å². The maximum absolute atomic E-state index is 13.0. The molecule has 2 atom stereocenters. The molecule has 0 saturated heterocycles. The Kier molecular flexibility index (Phi) is 3.53. The van der Waals surface area contributed by atoms with Gasteiger partial charge in [-0.3, -0.25) is 4.79 Å². The number of thioether (sulfide) groups is 1. The normalized spacial score (nSPS) is 24.6. The van der Waals surface area contributed by atoms with Crippen molar-refractivity contribution in [1.29, 1.82) is 0 Å². The molecule has 4 rings (SSSR count). The summed E-state index contributed by atoms with van der Waals surface area (Å²) in [6, 6.07) is 9.97. The second kappa shape index (κ2) is 5.48. The van der Waals surface area contributed by atoms with Crippen LogP contribution in [-0.2, 0) is 4.79 Å². The highest BCUT2D eigenvalue weighted by Crippen LogP contribution is 2.45. The third kappa shape index (κ3) is 2.45. The maximum Gasteiger partial charge on any atom is 0.227 e. The van der Waals surface area contributed by atoms with Crippen LogP contribution in [0.3, 0.4) is 0 Å². The monoisotopic (exact) mass is 340 g/mol. The van der Waals surface area contributed by atoms with Gasteiger partial charge in [0.25, 0.3) is 0 Å². The van der Waals surface area contributed by atoms with Crippen LogP contribution in [0.15, 0.2) is 47.3 Å². The highest BCUT2D eigenvalue weighted by Gasteiger charge is 2.44. The van der Waals surface area contributed by atoms with Gasteiger partial charge in [0.1, 0.15) is 5.78 Å². The second-order valence-corrected chi connectivity index (χ2v) is 7.83. The topological polar surface area (TPSA) is 59.8 Å². The summed E-state index contributed by atoms with van der Waals surface area (Å²) < 4.78 is 1.87. The number of fused-ring (bicyclic) bond motifs is 2. The molecule has 5 nitrogen and oxygen atoms in total. The molecular formula is C18H20N4OS. The predicted molar refractivity (Wildman–Crippen MR) is 95.0 cm³/mol. The van der Waals surface area contributed by atoms with Gasteiger partial charge in [-0.25, -0.2) is 4.68 Å². The Morgan fingerprint density at radius 2 is 2.04 bits per heavy atom. The lowest BCUT2D eigenvalue weighted by Gasteiger charge is -2.40. The summed E-state index contributed by atoms with van der Waals surface area (Å²) in [7, 11) is 0. The molecule has 0 radical (unpaired) electrons. The predicted octanol–water partition coefficient (Wildman–Crippen LogP) is 3.51. The summed E-state index contributed by atoms with van der Waals surface area (Å²) in [5, 5.41) is 8.68. The number of rotatable bonds is 2. The van der Waals surface area contributed by atoms with Crippen LogP contribution in [0.4, 0.5) is 5.95 Å². The Hall–Kier alpha value is -2.08. The van der Waals surface area contributed by atoms with Crippen LogP contribution >= 0.6 is 11.8 Å². The van der Waals surface area contributed by atoms with Crippen LogP contribution in [0.5, 0.6) is 0 Å². The lowest BCUT2D eigenvalue weighted by molar-refractivity contribution is -0.125. The average molecular weight is 340 g/mol. The molecule has 1 aromatic heterocycles. The molecule has 124 valence electrons. The van der Waals surface area contributed by atoms with Crippen LogP contribution in [-0.4, -0.2) is 26.8 Å². The minimum atomic E-state index is -0.232. The van der Waals surface area contributed by atoms with Crippen molar-refractivity contribution in [1.82, 2.24) is 14.8 Å². The number of aromatic nitrogens is 3. The molecule has 0 fully saturated rings. The molecule has 2 aromatic rings. The Labute approximate surface area is 145 Å². The fourth-order valence-corrected chi connectivity index (χ4v) is 4.03. The van der Waals surface area contributed by atoms with E-state index in [9.17, 15) is 4.79 Å². The quantitative estimate of drug-likeness (QED) is 0.848. The zero-order valence-corrected chi connectivity index (χ0v) is 14.8. The number of allylic oxidation sites excluding steroid dienone is 2. The summed E-state index contributed by atoms with van der Waals surface area (Å²) in [5.41, 5.74) is 1.90. The molecule has 0 saturated carbocycles. The molecule has 0 spiro atoms. The van der Waals surface area contributed by atoms with Crippen LogP contribution in [0.25, 0.3) is 0 Å². The Morgan fingerprint density at radius 3 is 2.75 bits per heavy atom. The van der Waals surface area contributed by atoms with Gasteiger partial charge in [-0.15, -0.1) is 5.10 Å². The van der Waals surface area contributed by atoms with E-state index in [0.29, 0.717) is 17.5 Å². The molecule has 2 aliphatic rings. The Balaban J connectivity index is 1.91. The largest absolute Gasteiger partial charge is 0.328 e. The number of ketones is 1. The van der Waals surface area contributed by atoms with Crippen molar-refractivity contribution >= 4 is 23.5 Å². The number of nitrogens with one attached hydrogen (secondary N) is 1.